The van der Waals surface area contributed by atoms with Crippen LogP contribution in [0, 0.1) is 5.92 Å². The highest BCUT2D eigenvalue weighted by Gasteiger charge is 2.25. The first-order valence-electron chi connectivity index (χ1n) is 8.86. The molecular weight excluding hydrogens is 328 g/mol. The molecule has 25 heavy (non-hydrogen) atoms. The van der Waals surface area contributed by atoms with Crippen LogP contribution < -0.4 is 4.90 Å². The van der Waals surface area contributed by atoms with Crippen LogP contribution in [0.25, 0.3) is 0 Å². The van der Waals surface area contributed by atoms with Gasteiger partial charge >= 0.3 is 0 Å². The van der Waals surface area contributed by atoms with Crippen LogP contribution in [0.5, 0.6) is 0 Å². The van der Waals surface area contributed by atoms with E-state index in [0.717, 1.165) is 24.3 Å². The van der Waals surface area contributed by atoms with E-state index in [4.69, 9.17) is 0 Å². The van der Waals surface area contributed by atoms with Crippen LogP contribution in [0.2, 0.25) is 0 Å². The van der Waals surface area contributed by atoms with Crippen molar-refractivity contribution in [3.8, 4) is 0 Å². The normalized spacial score (nSPS) is 14.2. The van der Waals surface area contributed by atoms with Crippen LogP contribution in [0.15, 0.2) is 52.3 Å². The number of Topliss-reactive ketones (excluding diaryl/α,β-unsaturated/α-hetero) is 1. The Hall–Kier alpha value is -1.78. The molecule has 1 atom stereocenters. The average Bonchev–Trinajstić information content (AvgIpc) is 2.59. The number of ketones is 1. The number of carbonyl (C=O) groups is 1. The fraction of sp³-hybridized carbons (Fsp3) is 0.381. The molecule has 0 saturated carbocycles. The molecule has 1 unspecified atom stereocenters. The molecule has 3 nitrogen and oxygen atoms in total. The van der Waals surface area contributed by atoms with Gasteiger partial charge in [-0.2, -0.15) is 0 Å². The minimum atomic E-state index is 0.202. The lowest BCUT2D eigenvalue weighted by Crippen LogP contribution is -2.31. The van der Waals surface area contributed by atoms with Crippen molar-refractivity contribution in [3.05, 3.63) is 48.0 Å². The van der Waals surface area contributed by atoms with Gasteiger partial charge in [0.1, 0.15) is 0 Å². The van der Waals surface area contributed by atoms with Gasteiger partial charge in [0.15, 0.2) is 5.78 Å². The molecule has 0 spiro atoms. The summed E-state index contributed by atoms with van der Waals surface area (Å²) in [6.07, 6.45) is 0.541. The third kappa shape index (κ3) is 3.91. The summed E-state index contributed by atoms with van der Waals surface area (Å²) in [6, 6.07) is 14.7. The number of hydrogen-bond donors (Lipinski definition) is 0. The molecule has 0 N–H and O–H groups in total. The molecule has 0 aliphatic carbocycles. The zero-order valence-electron chi connectivity index (χ0n) is 15.5. The monoisotopic (exact) mass is 354 g/mol. The van der Waals surface area contributed by atoms with E-state index in [9.17, 15) is 4.79 Å². The summed E-state index contributed by atoms with van der Waals surface area (Å²) in [5.41, 5.74) is 3.21. The maximum atomic E-state index is 12.2. The van der Waals surface area contributed by atoms with Crippen molar-refractivity contribution < 1.29 is 4.79 Å². The molecule has 2 aromatic carbocycles. The van der Waals surface area contributed by atoms with Crippen molar-refractivity contribution in [2.45, 2.75) is 30.1 Å². The van der Waals surface area contributed by atoms with E-state index >= 15 is 0 Å². The van der Waals surface area contributed by atoms with Crippen molar-refractivity contribution in [3.63, 3.8) is 0 Å². The minimum absolute atomic E-state index is 0.202. The number of benzene rings is 2. The van der Waals surface area contributed by atoms with Crippen molar-refractivity contribution in [2.24, 2.45) is 5.92 Å². The third-order valence-corrected chi connectivity index (χ3v) is 5.57. The van der Waals surface area contributed by atoms with E-state index < -0.39 is 0 Å². The van der Waals surface area contributed by atoms with Gasteiger partial charge in [0.25, 0.3) is 0 Å². The van der Waals surface area contributed by atoms with E-state index in [0.29, 0.717) is 12.3 Å². The molecule has 1 heterocycles. The van der Waals surface area contributed by atoms with Crippen molar-refractivity contribution >= 4 is 28.9 Å². The summed E-state index contributed by atoms with van der Waals surface area (Å²) in [5, 5.41) is 0. The fourth-order valence-corrected chi connectivity index (χ4v) is 4.47. The van der Waals surface area contributed by atoms with E-state index in [1.54, 1.807) is 11.8 Å². The second kappa shape index (κ2) is 7.63. The lowest BCUT2D eigenvalue weighted by atomic mass is 10.1. The molecule has 0 saturated heterocycles. The van der Waals surface area contributed by atoms with Crippen LogP contribution >= 0.6 is 11.8 Å². The van der Waals surface area contributed by atoms with Crippen molar-refractivity contribution in [1.82, 2.24) is 4.90 Å². The Kier molecular flexibility index (Phi) is 5.50. The Morgan fingerprint density at radius 2 is 1.84 bits per heavy atom. The molecule has 4 heteroatoms. The summed E-state index contributed by atoms with van der Waals surface area (Å²) in [5.74, 6) is 0.720. The third-order valence-electron chi connectivity index (χ3n) is 4.44. The molecule has 1 aliphatic rings. The van der Waals surface area contributed by atoms with Gasteiger partial charge in [0.05, 0.1) is 11.4 Å². The largest absolute Gasteiger partial charge is 0.339 e. The second-order valence-corrected chi connectivity index (χ2v) is 8.09. The van der Waals surface area contributed by atoms with Gasteiger partial charge in [-0.05, 0) is 44.3 Å². The summed E-state index contributed by atoms with van der Waals surface area (Å²) in [7, 11) is 4.23. The zero-order chi connectivity index (χ0) is 18.0. The standard InChI is InChI=1S/C21H26N2OS/c1-5-19(24)16-10-11-21-18(12-16)23(14-15(2)13-22(3)4)17-8-6-7-9-20(17)25-21/h6-12,15H,5,13-14H2,1-4H3. The Bertz CT molecular complexity index is 772. The van der Waals surface area contributed by atoms with Gasteiger partial charge in [-0.25, -0.2) is 0 Å². The van der Waals surface area contributed by atoms with Crippen LogP contribution in [0.4, 0.5) is 11.4 Å². The van der Waals surface area contributed by atoms with Gasteiger partial charge < -0.3 is 9.80 Å². The number of para-hydroxylation sites is 1. The van der Waals surface area contributed by atoms with Crippen molar-refractivity contribution in [2.75, 3.05) is 32.1 Å². The fourth-order valence-electron chi connectivity index (χ4n) is 3.40. The SMILES string of the molecule is CCC(=O)c1ccc2c(c1)N(CC(C)CN(C)C)c1ccccc1S2. The highest BCUT2D eigenvalue weighted by Crippen LogP contribution is 2.48. The molecule has 2 aromatic rings. The lowest BCUT2D eigenvalue weighted by Gasteiger charge is -2.35. The smallest absolute Gasteiger partial charge is 0.162 e. The van der Waals surface area contributed by atoms with Crippen LogP contribution in [-0.4, -0.2) is 37.9 Å². The topological polar surface area (TPSA) is 23.6 Å². The van der Waals surface area contributed by atoms with E-state index in [1.165, 1.54) is 15.5 Å². The Morgan fingerprint density at radius 1 is 1.12 bits per heavy atom. The highest BCUT2D eigenvalue weighted by molar-refractivity contribution is 7.99. The van der Waals surface area contributed by atoms with E-state index in [-0.39, 0.29) is 5.78 Å². The van der Waals surface area contributed by atoms with Crippen LogP contribution in [-0.2, 0) is 0 Å². The molecule has 0 bridgehead atoms. The van der Waals surface area contributed by atoms with Gasteiger partial charge in [-0.15, -0.1) is 0 Å². The lowest BCUT2D eigenvalue weighted by molar-refractivity contribution is 0.0988. The Balaban J connectivity index is 2.01. The molecule has 0 fully saturated rings. The maximum Gasteiger partial charge on any atom is 0.162 e. The number of carbonyl (C=O) groups excluding carboxylic acids is 1. The first kappa shape index (κ1) is 18.0. The molecular formula is C21H26N2OS. The predicted octanol–water partition coefficient (Wildman–Crippen LogP) is 5.08. The number of hydrogen-bond acceptors (Lipinski definition) is 4. The highest BCUT2D eigenvalue weighted by atomic mass is 32.2. The van der Waals surface area contributed by atoms with Gasteiger partial charge in [0, 0.05) is 34.9 Å². The first-order chi connectivity index (χ1) is 12.0. The maximum absolute atomic E-state index is 12.2. The quantitative estimate of drug-likeness (QED) is 0.675. The molecule has 1 aliphatic heterocycles. The molecule has 132 valence electrons. The predicted molar refractivity (Wildman–Crippen MR) is 106 cm³/mol. The molecule has 0 amide bonds. The second-order valence-electron chi connectivity index (χ2n) is 7.01. The summed E-state index contributed by atoms with van der Waals surface area (Å²) in [6.45, 7) is 6.18. The van der Waals surface area contributed by atoms with Crippen LogP contribution in [0.3, 0.4) is 0 Å². The van der Waals surface area contributed by atoms with Crippen molar-refractivity contribution in [1.29, 1.82) is 0 Å². The van der Waals surface area contributed by atoms with E-state index in [1.807, 2.05) is 13.0 Å². The van der Waals surface area contributed by atoms with Gasteiger partial charge in [-0.1, -0.05) is 43.8 Å². The Morgan fingerprint density at radius 3 is 2.56 bits per heavy atom. The zero-order valence-corrected chi connectivity index (χ0v) is 16.3. The number of anilines is 2. The van der Waals surface area contributed by atoms with Crippen LogP contribution in [0.1, 0.15) is 30.6 Å². The molecule has 0 radical (unpaired) electrons. The Labute approximate surface area is 155 Å². The average molecular weight is 355 g/mol. The molecule has 0 aromatic heterocycles. The van der Waals surface area contributed by atoms with Gasteiger partial charge in [0.2, 0.25) is 0 Å². The summed E-state index contributed by atoms with van der Waals surface area (Å²) in [4.78, 5) is 19.3. The van der Waals surface area contributed by atoms with Gasteiger partial charge in [-0.3, -0.25) is 4.79 Å². The minimum Gasteiger partial charge on any atom is -0.339 e. The number of fused-ring (bicyclic) bond motifs is 2. The number of rotatable bonds is 6. The summed E-state index contributed by atoms with van der Waals surface area (Å²) >= 11 is 1.79. The number of nitrogens with zero attached hydrogens (tertiary/aromatic N) is 2. The first-order valence-corrected chi connectivity index (χ1v) is 9.67. The molecule has 3 rings (SSSR count). The van der Waals surface area contributed by atoms with E-state index in [2.05, 4.69) is 67.2 Å². The summed E-state index contributed by atoms with van der Waals surface area (Å²) < 4.78 is 0.